The zero-order valence-electron chi connectivity index (χ0n) is 18.3. The van der Waals surface area contributed by atoms with Crippen LogP contribution in [0.3, 0.4) is 0 Å². The van der Waals surface area contributed by atoms with Crippen LogP contribution in [0.5, 0.6) is 0 Å². The van der Waals surface area contributed by atoms with Gasteiger partial charge >= 0.3 is 29.6 Å². The summed E-state index contributed by atoms with van der Waals surface area (Å²) in [7, 11) is -4.44. The summed E-state index contributed by atoms with van der Waals surface area (Å²) in [5.74, 6) is 0. The average Bonchev–Trinajstić information content (AvgIpc) is 2.68. The van der Waals surface area contributed by atoms with Crippen LogP contribution in [-0.4, -0.2) is 13.0 Å². The van der Waals surface area contributed by atoms with Crippen LogP contribution in [0.1, 0.15) is 89.5 Å². The Kier molecular flexibility index (Phi) is 13.4. The molecule has 0 unspecified atom stereocenters. The van der Waals surface area contributed by atoms with Crippen LogP contribution in [0.25, 0.3) is 10.8 Å². The minimum atomic E-state index is -4.44. The second kappa shape index (κ2) is 14.6. The Morgan fingerprint density at radius 2 is 1.17 bits per heavy atom. The molecule has 0 radical (unpaired) electrons. The smallest absolute Gasteiger partial charge is 0.744 e. The van der Waals surface area contributed by atoms with Crippen LogP contribution in [0.2, 0.25) is 0 Å². The Hall–Kier alpha value is -0.390. The van der Waals surface area contributed by atoms with Crippen molar-refractivity contribution < 1.29 is 42.5 Å². The van der Waals surface area contributed by atoms with Gasteiger partial charge in [-0.3, -0.25) is 0 Å². The first-order chi connectivity index (χ1) is 13.5. The van der Waals surface area contributed by atoms with Gasteiger partial charge in [0.1, 0.15) is 10.1 Å². The number of fused-ring (bicyclic) bond motifs is 1. The number of rotatable bonds is 14. The van der Waals surface area contributed by atoms with Crippen molar-refractivity contribution >= 4 is 20.9 Å². The van der Waals surface area contributed by atoms with E-state index in [9.17, 15) is 13.0 Å². The monoisotopic (exact) mass is 426 g/mol. The summed E-state index contributed by atoms with van der Waals surface area (Å²) in [6, 6.07) is 10.6. The zero-order chi connectivity index (χ0) is 20.2. The first-order valence-corrected chi connectivity index (χ1v) is 12.4. The fraction of sp³-hybridized carbons (Fsp3) is 0.583. The molecule has 29 heavy (non-hydrogen) atoms. The van der Waals surface area contributed by atoms with Gasteiger partial charge in [0.2, 0.25) is 0 Å². The van der Waals surface area contributed by atoms with Crippen molar-refractivity contribution in [3.63, 3.8) is 0 Å². The maximum absolute atomic E-state index is 11.5. The summed E-state index contributed by atoms with van der Waals surface area (Å²) in [6.07, 6.45) is 16.8. The van der Waals surface area contributed by atoms with E-state index in [1.807, 2.05) is 18.2 Å². The van der Waals surface area contributed by atoms with E-state index in [2.05, 4.69) is 6.92 Å². The number of hydrogen-bond acceptors (Lipinski definition) is 3. The van der Waals surface area contributed by atoms with Crippen molar-refractivity contribution in [3.8, 4) is 0 Å². The molecular weight excluding hydrogens is 391 g/mol. The first-order valence-electron chi connectivity index (χ1n) is 11.0. The molecule has 0 N–H and O–H groups in total. The Balaban J connectivity index is 0.00000420. The Morgan fingerprint density at radius 1 is 0.690 bits per heavy atom. The molecular formula is C24H35NaO3S. The molecule has 3 nitrogen and oxygen atoms in total. The van der Waals surface area contributed by atoms with E-state index >= 15 is 0 Å². The molecule has 0 fully saturated rings. The van der Waals surface area contributed by atoms with Crippen LogP contribution < -0.4 is 29.6 Å². The number of benzene rings is 2. The van der Waals surface area contributed by atoms with Gasteiger partial charge in [-0.15, -0.1) is 0 Å². The Bertz CT molecular complexity index is 818. The number of aryl methyl sites for hydroxylation is 1. The summed E-state index contributed by atoms with van der Waals surface area (Å²) >= 11 is 0. The third-order valence-electron chi connectivity index (χ3n) is 5.54. The third kappa shape index (κ3) is 9.52. The van der Waals surface area contributed by atoms with Crippen LogP contribution in [0.15, 0.2) is 41.3 Å². The topological polar surface area (TPSA) is 57.2 Å². The first kappa shape index (κ1) is 26.6. The molecule has 2 aromatic rings. The Morgan fingerprint density at radius 3 is 1.69 bits per heavy atom. The van der Waals surface area contributed by atoms with Gasteiger partial charge in [0.05, 0.1) is 4.90 Å². The maximum atomic E-state index is 11.5. The molecule has 0 saturated heterocycles. The Labute approximate surface area is 199 Å². The van der Waals surface area contributed by atoms with Gasteiger partial charge in [0.15, 0.2) is 0 Å². The SMILES string of the molecule is CCCCCCCCCCCCCCc1ccc(S(=O)(=O)[O-])c2ccccc12.[Na+]. The zero-order valence-corrected chi connectivity index (χ0v) is 21.1. The van der Waals surface area contributed by atoms with Gasteiger partial charge in [-0.05, 0) is 35.2 Å². The third-order valence-corrected chi connectivity index (χ3v) is 6.44. The van der Waals surface area contributed by atoms with E-state index < -0.39 is 10.1 Å². The van der Waals surface area contributed by atoms with E-state index in [4.69, 9.17) is 0 Å². The fourth-order valence-electron chi connectivity index (χ4n) is 3.93. The summed E-state index contributed by atoms with van der Waals surface area (Å²) in [5.41, 5.74) is 1.13. The molecule has 0 atom stereocenters. The molecule has 0 amide bonds. The van der Waals surface area contributed by atoms with Crippen LogP contribution >= 0.6 is 0 Å². The van der Waals surface area contributed by atoms with Crippen molar-refractivity contribution in [1.82, 2.24) is 0 Å². The molecule has 0 saturated carbocycles. The largest absolute Gasteiger partial charge is 1.00 e. The average molecular weight is 427 g/mol. The van der Waals surface area contributed by atoms with E-state index in [-0.39, 0.29) is 34.5 Å². The molecule has 156 valence electrons. The van der Waals surface area contributed by atoms with Gasteiger partial charge in [-0.2, -0.15) is 0 Å². The van der Waals surface area contributed by atoms with E-state index in [1.54, 1.807) is 12.1 Å². The molecule has 0 bridgehead atoms. The van der Waals surface area contributed by atoms with Gasteiger partial charge in [0, 0.05) is 0 Å². The van der Waals surface area contributed by atoms with Crippen molar-refractivity contribution in [3.05, 3.63) is 42.0 Å². The van der Waals surface area contributed by atoms with Crippen molar-refractivity contribution in [2.75, 3.05) is 0 Å². The summed E-state index contributed by atoms with van der Waals surface area (Å²) in [6.45, 7) is 2.26. The molecule has 0 aliphatic rings. The van der Waals surface area contributed by atoms with Crippen molar-refractivity contribution in [2.24, 2.45) is 0 Å². The van der Waals surface area contributed by atoms with Gasteiger partial charge < -0.3 is 4.55 Å². The molecule has 0 spiro atoms. The minimum absolute atomic E-state index is 0. The van der Waals surface area contributed by atoms with Crippen LogP contribution in [0, 0.1) is 0 Å². The summed E-state index contributed by atoms with van der Waals surface area (Å²) in [5, 5.41) is 1.44. The van der Waals surface area contributed by atoms with Crippen molar-refractivity contribution in [2.45, 2.75) is 95.3 Å². The van der Waals surface area contributed by atoms with Gasteiger partial charge in [-0.25, -0.2) is 8.42 Å². The second-order valence-corrected chi connectivity index (χ2v) is 9.21. The van der Waals surface area contributed by atoms with E-state index in [0.29, 0.717) is 5.39 Å². The molecule has 2 aromatic carbocycles. The summed E-state index contributed by atoms with van der Waals surface area (Å²) < 4.78 is 34.4. The van der Waals surface area contributed by atoms with Crippen molar-refractivity contribution in [1.29, 1.82) is 0 Å². The predicted molar refractivity (Wildman–Crippen MR) is 117 cm³/mol. The quantitative estimate of drug-likeness (QED) is 0.261. The number of hydrogen-bond donors (Lipinski definition) is 0. The normalized spacial score (nSPS) is 11.5. The predicted octanol–water partition coefficient (Wildman–Crippen LogP) is 3.99. The maximum Gasteiger partial charge on any atom is 1.00 e. The van der Waals surface area contributed by atoms with E-state index in [0.717, 1.165) is 23.8 Å². The second-order valence-electron chi connectivity index (χ2n) is 7.86. The molecule has 0 heterocycles. The standard InChI is InChI=1S/C24H36O3S.Na/c1-2-3-4-5-6-7-8-9-10-11-12-13-16-21-19-20-24(28(25,26)27)23-18-15-14-17-22(21)23;/h14-15,17-20H,2-13,16H2,1H3,(H,25,26,27);/q;+1/p-1. The van der Waals surface area contributed by atoms with Crippen LogP contribution in [0.4, 0.5) is 0 Å². The molecule has 0 aliphatic heterocycles. The van der Waals surface area contributed by atoms with E-state index in [1.165, 1.54) is 76.7 Å². The minimum Gasteiger partial charge on any atom is -0.744 e. The molecule has 0 aliphatic carbocycles. The molecule has 0 aromatic heterocycles. The molecule has 2 rings (SSSR count). The summed E-state index contributed by atoms with van der Waals surface area (Å²) in [4.78, 5) is -0.110. The van der Waals surface area contributed by atoms with Gasteiger partial charge in [0.25, 0.3) is 0 Å². The van der Waals surface area contributed by atoms with Gasteiger partial charge in [-0.1, -0.05) is 108 Å². The molecule has 5 heteroatoms. The number of unbranched alkanes of at least 4 members (excludes halogenated alkanes) is 11. The fourth-order valence-corrected chi connectivity index (χ4v) is 4.61. The van der Waals surface area contributed by atoms with Crippen LogP contribution in [-0.2, 0) is 16.5 Å².